The molecule has 1 heterocycles. The highest BCUT2D eigenvalue weighted by molar-refractivity contribution is 5.94. The molecule has 0 bridgehead atoms. The molecular formula is C21H26N4O3. The van der Waals surface area contributed by atoms with Crippen LogP contribution in [0, 0.1) is 5.92 Å². The number of hydrogen-bond donors (Lipinski definition) is 3. The number of anilines is 1. The van der Waals surface area contributed by atoms with Gasteiger partial charge in [0.1, 0.15) is 5.75 Å². The fraction of sp³-hybridized carbons (Fsp3) is 0.476. The Bertz CT molecular complexity index is 897. The first-order valence-electron chi connectivity index (χ1n) is 10.1. The van der Waals surface area contributed by atoms with Crippen LogP contribution in [0.3, 0.4) is 0 Å². The average molecular weight is 382 g/mol. The third kappa shape index (κ3) is 3.74. The molecule has 0 aliphatic heterocycles. The van der Waals surface area contributed by atoms with Gasteiger partial charge >= 0.3 is 6.03 Å². The summed E-state index contributed by atoms with van der Waals surface area (Å²) in [7, 11) is 0. The van der Waals surface area contributed by atoms with Crippen molar-refractivity contribution >= 4 is 17.6 Å². The Morgan fingerprint density at radius 1 is 1.21 bits per heavy atom. The van der Waals surface area contributed by atoms with Crippen molar-refractivity contribution in [2.45, 2.75) is 51.4 Å². The minimum Gasteiger partial charge on any atom is -0.507 e. The van der Waals surface area contributed by atoms with Crippen LogP contribution in [0.2, 0.25) is 0 Å². The molecule has 2 fully saturated rings. The summed E-state index contributed by atoms with van der Waals surface area (Å²) in [6.45, 7) is 2.60. The normalized spacial score (nSPS) is 16.5. The number of rotatable bonds is 6. The van der Waals surface area contributed by atoms with E-state index in [1.165, 1.54) is 10.7 Å². The van der Waals surface area contributed by atoms with Crippen LogP contribution in [0.4, 0.5) is 10.5 Å². The summed E-state index contributed by atoms with van der Waals surface area (Å²) in [5.74, 6) is 0.459. The Morgan fingerprint density at radius 3 is 2.61 bits per heavy atom. The molecule has 2 saturated carbocycles. The van der Waals surface area contributed by atoms with Crippen LogP contribution in [0.15, 0.2) is 24.3 Å². The second-order valence-electron chi connectivity index (χ2n) is 7.72. The number of nitrogens with zero attached hydrogens (tertiary/aromatic N) is 2. The molecule has 0 atom stereocenters. The Hall–Kier alpha value is -2.83. The highest BCUT2D eigenvalue weighted by atomic mass is 16.3. The maximum absolute atomic E-state index is 12.5. The molecule has 1 aromatic carbocycles. The van der Waals surface area contributed by atoms with Crippen LogP contribution in [-0.2, 0) is 4.79 Å². The first-order chi connectivity index (χ1) is 13.6. The third-order valence-corrected chi connectivity index (χ3v) is 5.47. The maximum Gasteiger partial charge on any atom is 0.342 e. The average Bonchev–Trinajstić information content (AvgIpc) is 3.40. The molecule has 2 aliphatic carbocycles. The van der Waals surface area contributed by atoms with Gasteiger partial charge in [0.05, 0.1) is 11.4 Å². The van der Waals surface area contributed by atoms with Gasteiger partial charge in [0.15, 0.2) is 0 Å². The van der Waals surface area contributed by atoms with E-state index in [2.05, 4.69) is 15.7 Å². The van der Waals surface area contributed by atoms with Crippen molar-refractivity contribution in [3.63, 3.8) is 0 Å². The van der Waals surface area contributed by atoms with E-state index in [9.17, 15) is 14.7 Å². The van der Waals surface area contributed by atoms with Crippen molar-refractivity contribution in [3.05, 3.63) is 30.0 Å². The number of phenols is 1. The van der Waals surface area contributed by atoms with Crippen molar-refractivity contribution in [1.29, 1.82) is 0 Å². The van der Waals surface area contributed by atoms with Crippen LogP contribution < -0.4 is 10.6 Å². The zero-order chi connectivity index (χ0) is 19.7. The Morgan fingerprint density at radius 2 is 2.00 bits per heavy atom. The van der Waals surface area contributed by atoms with Crippen LogP contribution in [0.1, 0.15) is 57.1 Å². The van der Waals surface area contributed by atoms with Crippen molar-refractivity contribution in [2.75, 3.05) is 11.9 Å². The van der Waals surface area contributed by atoms with Crippen LogP contribution in [-0.4, -0.2) is 33.4 Å². The van der Waals surface area contributed by atoms with Crippen molar-refractivity contribution in [1.82, 2.24) is 15.1 Å². The number of hydrogen-bond acceptors (Lipinski definition) is 4. The highest BCUT2D eigenvalue weighted by Gasteiger charge is 2.30. The second-order valence-corrected chi connectivity index (χ2v) is 7.72. The van der Waals surface area contributed by atoms with Gasteiger partial charge in [-0.3, -0.25) is 4.79 Å². The number of benzene rings is 1. The lowest BCUT2D eigenvalue weighted by molar-refractivity contribution is -0.117. The van der Waals surface area contributed by atoms with Gasteiger partial charge in [0.25, 0.3) is 0 Å². The van der Waals surface area contributed by atoms with Crippen molar-refractivity contribution in [3.8, 4) is 17.0 Å². The molecule has 28 heavy (non-hydrogen) atoms. The van der Waals surface area contributed by atoms with E-state index in [4.69, 9.17) is 0 Å². The molecule has 0 spiro atoms. The SMILES string of the molecule is CCCNC(=O)n1nc(-c2ccc(NC(=O)C3CC3)cc2O)cc1C1CCC1. The summed E-state index contributed by atoms with van der Waals surface area (Å²) in [6, 6.07) is 6.69. The molecular weight excluding hydrogens is 356 g/mol. The number of carbonyl (C=O) groups is 2. The summed E-state index contributed by atoms with van der Waals surface area (Å²) in [5, 5.41) is 20.7. The van der Waals surface area contributed by atoms with Gasteiger partial charge < -0.3 is 15.7 Å². The lowest BCUT2D eigenvalue weighted by Gasteiger charge is -2.25. The predicted octanol–water partition coefficient (Wildman–Crippen LogP) is 3.84. The number of carbonyl (C=O) groups excluding carboxylic acids is 2. The fourth-order valence-electron chi connectivity index (χ4n) is 3.41. The predicted molar refractivity (Wildman–Crippen MR) is 106 cm³/mol. The molecule has 2 aromatic rings. The Labute approximate surface area is 164 Å². The lowest BCUT2D eigenvalue weighted by Crippen LogP contribution is -2.32. The van der Waals surface area contributed by atoms with Crippen LogP contribution in [0.25, 0.3) is 11.3 Å². The summed E-state index contributed by atoms with van der Waals surface area (Å²) < 4.78 is 1.44. The summed E-state index contributed by atoms with van der Waals surface area (Å²) in [5.41, 5.74) is 2.57. The Kier molecular flexibility index (Phi) is 5.07. The van der Waals surface area contributed by atoms with E-state index in [0.717, 1.165) is 44.2 Å². The van der Waals surface area contributed by atoms with Crippen LogP contribution in [0.5, 0.6) is 5.75 Å². The van der Waals surface area contributed by atoms with Crippen molar-refractivity contribution in [2.24, 2.45) is 5.92 Å². The standard InChI is InChI=1S/C21H26N4O3/c1-2-10-22-21(28)25-18(13-4-3-5-13)12-17(24-25)16-9-8-15(11-19(16)26)23-20(27)14-6-7-14/h8-9,11-14,26H,2-7,10H2,1H3,(H,22,28)(H,23,27). The van der Waals surface area contributed by atoms with Crippen LogP contribution >= 0.6 is 0 Å². The van der Waals surface area contributed by atoms with E-state index in [0.29, 0.717) is 29.4 Å². The Balaban J connectivity index is 1.60. The van der Waals surface area contributed by atoms with E-state index >= 15 is 0 Å². The molecule has 0 unspecified atom stereocenters. The van der Waals surface area contributed by atoms with E-state index < -0.39 is 0 Å². The van der Waals surface area contributed by atoms with Crippen molar-refractivity contribution < 1.29 is 14.7 Å². The lowest BCUT2D eigenvalue weighted by atomic mass is 9.82. The first kappa shape index (κ1) is 18.5. The molecule has 3 N–H and O–H groups in total. The van der Waals surface area contributed by atoms with E-state index in [1.807, 2.05) is 13.0 Å². The zero-order valence-corrected chi connectivity index (χ0v) is 16.1. The smallest absolute Gasteiger partial charge is 0.342 e. The molecule has 7 nitrogen and oxygen atoms in total. The molecule has 4 rings (SSSR count). The molecule has 0 radical (unpaired) electrons. The minimum absolute atomic E-state index is 0.00343. The monoisotopic (exact) mass is 382 g/mol. The molecule has 1 aromatic heterocycles. The third-order valence-electron chi connectivity index (χ3n) is 5.47. The zero-order valence-electron chi connectivity index (χ0n) is 16.1. The number of amides is 2. The number of aromatic hydroxyl groups is 1. The molecule has 0 saturated heterocycles. The second kappa shape index (κ2) is 7.66. The van der Waals surface area contributed by atoms with Gasteiger partial charge in [-0.15, -0.1) is 0 Å². The van der Waals surface area contributed by atoms with E-state index in [-0.39, 0.29) is 23.6 Å². The van der Waals surface area contributed by atoms with Gasteiger partial charge in [-0.05, 0) is 50.3 Å². The van der Waals surface area contributed by atoms with Gasteiger partial charge in [0, 0.05) is 35.7 Å². The first-order valence-corrected chi connectivity index (χ1v) is 10.1. The summed E-state index contributed by atoms with van der Waals surface area (Å²) in [4.78, 5) is 24.4. The molecule has 7 heteroatoms. The fourth-order valence-corrected chi connectivity index (χ4v) is 3.41. The maximum atomic E-state index is 12.5. The number of nitrogens with one attached hydrogen (secondary N) is 2. The van der Waals surface area contributed by atoms with E-state index in [1.54, 1.807) is 12.1 Å². The minimum atomic E-state index is -0.234. The topological polar surface area (TPSA) is 96.3 Å². The summed E-state index contributed by atoms with van der Waals surface area (Å²) in [6.07, 6.45) is 5.96. The quantitative estimate of drug-likeness (QED) is 0.707. The molecule has 148 valence electrons. The van der Waals surface area contributed by atoms with Gasteiger partial charge in [-0.2, -0.15) is 9.78 Å². The molecule has 2 amide bonds. The van der Waals surface area contributed by atoms with Gasteiger partial charge in [0.2, 0.25) is 5.91 Å². The summed E-state index contributed by atoms with van der Waals surface area (Å²) >= 11 is 0. The highest BCUT2D eigenvalue weighted by Crippen LogP contribution is 2.39. The number of phenolic OH excluding ortho intramolecular Hbond substituents is 1. The number of aromatic nitrogens is 2. The van der Waals surface area contributed by atoms with Gasteiger partial charge in [-0.1, -0.05) is 13.3 Å². The van der Waals surface area contributed by atoms with Gasteiger partial charge in [-0.25, -0.2) is 4.79 Å². The molecule has 2 aliphatic rings. The largest absolute Gasteiger partial charge is 0.507 e.